The van der Waals surface area contributed by atoms with Gasteiger partial charge < -0.3 is 10.1 Å². The van der Waals surface area contributed by atoms with Gasteiger partial charge in [-0.2, -0.15) is 0 Å². The SMILES string of the molecule is C[C@H](OC(=O)Cc1ccccc1Cl)C(=O)NC1CCCCCC1. The van der Waals surface area contributed by atoms with E-state index in [1.54, 1.807) is 25.1 Å². The summed E-state index contributed by atoms with van der Waals surface area (Å²) >= 11 is 6.02. The predicted octanol–water partition coefficient (Wildman–Crippen LogP) is 3.65. The van der Waals surface area contributed by atoms with Gasteiger partial charge in [-0.25, -0.2) is 0 Å². The molecular formula is C18H24ClNO3. The molecule has 0 heterocycles. The number of esters is 1. The van der Waals surface area contributed by atoms with Crippen molar-refractivity contribution >= 4 is 23.5 Å². The Hall–Kier alpha value is -1.55. The normalized spacial score (nSPS) is 17.1. The molecule has 0 aromatic heterocycles. The van der Waals surface area contributed by atoms with Crippen LogP contribution in [0.3, 0.4) is 0 Å². The topological polar surface area (TPSA) is 55.4 Å². The number of ether oxygens (including phenoxy) is 1. The Morgan fingerprint density at radius 1 is 1.22 bits per heavy atom. The Morgan fingerprint density at radius 3 is 2.52 bits per heavy atom. The quantitative estimate of drug-likeness (QED) is 0.659. The monoisotopic (exact) mass is 337 g/mol. The van der Waals surface area contributed by atoms with Gasteiger partial charge in [-0.15, -0.1) is 0 Å². The first-order valence-electron chi connectivity index (χ1n) is 8.29. The van der Waals surface area contributed by atoms with Crippen molar-refractivity contribution in [2.24, 2.45) is 0 Å². The number of carbonyl (C=O) groups is 2. The third-order valence-electron chi connectivity index (χ3n) is 4.17. The van der Waals surface area contributed by atoms with Gasteiger partial charge in [0.2, 0.25) is 0 Å². The molecule has 1 aromatic carbocycles. The lowest BCUT2D eigenvalue weighted by Crippen LogP contribution is -2.42. The maximum Gasteiger partial charge on any atom is 0.311 e. The molecule has 1 N–H and O–H groups in total. The highest BCUT2D eigenvalue weighted by atomic mass is 35.5. The molecule has 1 saturated carbocycles. The van der Waals surface area contributed by atoms with Crippen LogP contribution in [0, 0.1) is 0 Å². The van der Waals surface area contributed by atoms with Crippen molar-refractivity contribution in [2.45, 2.75) is 64.0 Å². The molecule has 126 valence electrons. The van der Waals surface area contributed by atoms with Gasteiger partial charge in [0.15, 0.2) is 6.10 Å². The molecule has 0 radical (unpaired) electrons. The van der Waals surface area contributed by atoms with Crippen molar-refractivity contribution in [2.75, 3.05) is 0 Å². The number of hydrogen-bond donors (Lipinski definition) is 1. The van der Waals surface area contributed by atoms with Gasteiger partial charge in [-0.1, -0.05) is 55.5 Å². The lowest BCUT2D eigenvalue weighted by molar-refractivity contribution is -0.154. The highest BCUT2D eigenvalue weighted by molar-refractivity contribution is 6.31. The van der Waals surface area contributed by atoms with E-state index < -0.39 is 12.1 Å². The number of carbonyl (C=O) groups excluding carboxylic acids is 2. The zero-order valence-corrected chi connectivity index (χ0v) is 14.3. The van der Waals surface area contributed by atoms with Crippen LogP contribution in [0.15, 0.2) is 24.3 Å². The summed E-state index contributed by atoms with van der Waals surface area (Å²) in [5.41, 5.74) is 0.704. The van der Waals surface area contributed by atoms with Crippen LogP contribution in [-0.4, -0.2) is 24.0 Å². The highest BCUT2D eigenvalue weighted by Gasteiger charge is 2.22. The van der Waals surface area contributed by atoms with E-state index in [1.807, 2.05) is 6.07 Å². The zero-order chi connectivity index (χ0) is 16.7. The molecule has 1 aliphatic rings. The minimum absolute atomic E-state index is 0.0702. The molecule has 1 fully saturated rings. The standard InChI is InChI=1S/C18H24ClNO3/c1-13(18(22)20-15-9-4-2-3-5-10-15)23-17(21)12-14-8-6-7-11-16(14)19/h6-8,11,13,15H,2-5,9-10,12H2,1H3,(H,20,22)/t13-/m0/s1. The fraction of sp³-hybridized carbons (Fsp3) is 0.556. The summed E-state index contributed by atoms with van der Waals surface area (Å²) in [7, 11) is 0. The van der Waals surface area contributed by atoms with Crippen molar-refractivity contribution in [3.8, 4) is 0 Å². The first-order valence-corrected chi connectivity index (χ1v) is 8.67. The van der Waals surface area contributed by atoms with Crippen LogP contribution in [0.1, 0.15) is 51.0 Å². The largest absolute Gasteiger partial charge is 0.452 e. The van der Waals surface area contributed by atoms with Crippen molar-refractivity contribution < 1.29 is 14.3 Å². The number of rotatable bonds is 5. The minimum atomic E-state index is -0.784. The van der Waals surface area contributed by atoms with Crippen LogP contribution in [0.25, 0.3) is 0 Å². The Balaban J connectivity index is 1.80. The fourth-order valence-electron chi connectivity index (χ4n) is 2.83. The van der Waals surface area contributed by atoms with E-state index in [1.165, 1.54) is 12.8 Å². The number of nitrogens with one attached hydrogen (secondary N) is 1. The van der Waals surface area contributed by atoms with E-state index in [0.29, 0.717) is 10.6 Å². The van der Waals surface area contributed by atoms with Crippen LogP contribution in [0.2, 0.25) is 5.02 Å². The summed E-state index contributed by atoms with van der Waals surface area (Å²) in [6.07, 6.45) is 6.05. The van der Waals surface area contributed by atoms with Crippen molar-refractivity contribution in [3.05, 3.63) is 34.9 Å². The van der Waals surface area contributed by atoms with Gasteiger partial charge in [-0.05, 0) is 31.4 Å². The predicted molar refractivity (Wildman–Crippen MR) is 90.3 cm³/mol. The zero-order valence-electron chi connectivity index (χ0n) is 13.5. The highest BCUT2D eigenvalue weighted by Crippen LogP contribution is 2.18. The van der Waals surface area contributed by atoms with Gasteiger partial charge in [0.25, 0.3) is 5.91 Å². The van der Waals surface area contributed by atoms with E-state index in [4.69, 9.17) is 16.3 Å². The third kappa shape index (κ3) is 5.87. The van der Waals surface area contributed by atoms with Gasteiger partial charge in [0.05, 0.1) is 6.42 Å². The summed E-state index contributed by atoms with van der Waals surface area (Å²) in [5, 5.41) is 3.52. The molecule has 5 heteroatoms. The van der Waals surface area contributed by atoms with E-state index in [-0.39, 0.29) is 18.4 Å². The first-order chi connectivity index (χ1) is 11.1. The number of hydrogen-bond acceptors (Lipinski definition) is 3. The Kier molecular flexibility index (Phi) is 6.90. The summed E-state index contributed by atoms with van der Waals surface area (Å²) in [5.74, 6) is -0.661. The van der Waals surface area contributed by atoms with Crippen LogP contribution < -0.4 is 5.32 Å². The van der Waals surface area contributed by atoms with Crippen LogP contribution in [-0.2, 0) is 20.7 Å². The van der Waals surface area contributed by atoms with Crippen LogP contribution in [0.5, 0.6) is 0 Å². The second-order valence-corrected chi connectivity index (χ2v) is 6.50. The molecule has 1 aliphatic carbocycles. The fourth-order valence-corrected chi connectivity index (χ4v) is 3.03. The maximum atomic E-state index is 12.2. The molecule has 0 unspecified atom stereocenters. The van der Waals surface area contributed by atoms with E-state index in [2.05, 4.69) is 5.32 Å². The minimum Gasteiger partial charge on any atom is -0.452 e. The van der Waals surface area contributed by atoms with Crippen molar-refractivity contribution in [1.82, 2.24) is 5.32 Å². The first kappa shape index (κ1) is 17.8. The molecular weight excluding hydrogens is 314 g/mol. The smallest absolute Gasteiger partial charge is 0.311 e. The number of benzene rings is 1. The number of amides is 1. The summed E-state index contributed by atoms with van der Waals surface area (Å²) in [4.78, 5) is 24.1. The van der Waals surface area contributed by atoms with Crippen molar-refractivity contribution in [3.63, 3.8) is 0 Å². The van der Waals surface area contributed by atoms with E-state index in [0.717, 1.165) is 25.7 Å². The Labute approximate surface area is 142 Å². The molecule has 0 aliphatic heterocycles. The van der Waals surface area contributed by atoms with Gasteiger partial charge in [0.1, 0.15) is 0 Å². The maximum absolute atomic E-state index is 12.2. The number of halogens is 1. The van der Waals surface area contributed by atoms with Crippen LogP contribution in [0.4, 0.5) is 0 Å². The lowest BCUT2D eigenvalue weighted by Gasteiger charge is -2.19. The molecule has 1 atom stereocenters. The second-order valence-electron chi connectivity index (χ2n) is 6.10. The van der Waals surface area contributed by atoms with E-state index in [9.17, 15) is 9.59 Å². The molecule has 1 aromatic rings. The molecule has 0 saturated heterocycles. The van der Waals surface area contributed by atoms with Crippen molar-refractivity contribution in [1.29, 1.82) is 0 Å². The molecule has 23 heavy (non-hydrogen) atoms. The molecule has 0 bridgehead atoms. The summed E-state index contributed by atoms with van der Waals surface area (Å²) in [6.45, 7) is 1.61. The molecule has 2 rings (SSSR count). The van der Waals surface area contributed by atoms with E-state index >= 15 is 0 Å². The van der Waals surface area contributed by atoms with Crippen LogP contribution >= 0.6 is 11.6 Å². The average Bonchev–Trinajstić information content (AvgIpc) is 2.78. The summed E-state index contributed by atoms with van der Waals surface area (Å²) in [6, 6.07) is 7.33. The molecule has 1 amide bonds. The molecule has 4 nitrogen and oxygen atoms in total. The Bertz CT molecular complexity index is 539. The molecule has 0 spiro atoms. The summed E-state index contributed by atoms with van der Waals surface area (Å²) < 4.78 is 5.23. The van der Waals surface area contributed by atoms with Gasteiger partial charge in [-0.3, -0.25) is 9.59 Å². The van der Waals surface area contributed by atoms with Gasteiger partial charge >= 0.3 is 5.97 Å². The second kappa shape index (κ2) is 8.92. The van der Waals surface area contributed by atoms with Gasteiger partial charge in [0, 0.05) is 11.1 Å². The Morgan fingerprint density at radius 2 is 1.87 bits per heavy atom. The third-order valence-corrected chi connectivity index (χ3v) is 4.54. The lowest BCUT2D eigenvalue weighted by atomic mass is 10.1. The average molecular weight is 338 g/mol.